The Labute approximate surface area is 128 Å². The van der Waals surface area contributed by atoms with Gasteiger partial charge in [0.1, 0.15) is 0 Å². The van der Waals surface area contributed by atoms with Gasteiger partial charge in [0.05, 0.1) is 9.82 Å². The van der Waals surface area contributed by atoms with Crippen LogP contribution >= 0.6 is 0 Å². The third-order valence-electron chi connectivity index (χ3n) is 2.84. The van der Waals surface area contributed by atoms with Gasteiger partial charge >= 0.3 is 0 Å². The quantitative estimate of drug-likeness (QED) is 0.376. The van der Waals surface area contributed by atoms with E-state index >= 15 is 0 Å². The smallest absolute Gasteiger partial charge is 0.258 e. The van der Waals surface area contributed by atoms with Crippen LogP contribution in [0.15, 0.2) is 59.5 Å². The number of non-ortho nitro benzene ring substituents is 1. The minimum atomic E-state index is -3.81. The first-order chi connectivity index (χ1) is 10.4. The molecule has 0 N–H and O–H groups in total. The van der Waals surface area contributed by atoms with E-state index in [4.69, 9.17) is 0 Å². The molecule has 6 nitrogen and oxygen atoms in total. The van der Waals surface area contributed by atoms with E-state index in [1.165, 1.54) is 19.2 Å². The molecule has 0 bridgehead atoms. The maximum atomic E-state index is 12.3. The van der Waals surface area contributed by atoms with Crippen molar-refractivity contribution < 1.29 is 13.3 Å². The van der Waals surface area contributed by atoms with Crippen LogP contribution in [0, 0.1) is 22.1 Å². The molecule has 0 atom stereocenters. The fraction of sp³-hybridized carbons (Fsp3) is 0.0667. The van der Waals surface area contributed by atoms with Crippen LogP contribution in [0.2, 0.25) is 0 Å². The molecule has 2 aromatic rings. The van der Waals surface area contributed by atoms with Crippen molar-refractivity contribution in [3.05, 3.63) is 70.3 Å². The Balaban J connectivity index is 2.26. The summed E-state index contributed by atoms with van der Waals surface area (Å²) in [4.78, 5) is 9.94. The van der Waals surface area contributed by atoms with Crippen molar-refractivity contribution in [2.45, 2.75) is 4.90 Å². The van der Waals surface area contributed by atoms with Gasteiger partial charge in [0.15, 0.2) is 0 Å². The SMILES string of the molecule is CN(C#Cc1ccccc1)S(=O)(=O)c1ccc([N+](=O)[O-])cc1. The zero-order valence-corrected chi connectivity index (χ0v) is 12.4. The van der Waals surface area contributed by atoms with Crippen LogP contribution in [0.4, 0.5) is 5.69 Å². The van der Waals surface area contributed by atoms with E-state index < -0.39 is 14.9 Å². The Morgan fingerprint density at radius 3 is 2.18 bits per heavy atom. The van der Waals surface area contributed by atoms with Gasteiger partial charge in [-0.15, -0.1) is 0 Å². The summed E-state index contributed by atoms with van der Waals surface area (Å²) in [7, 11) is -2.49. The van der Waals surface area contributed by atoms with Gasteiger partial charge in [-0.1, -0.05) is 18.2 Å². The second-order valence-corrected chi connectivity index (χ2v) is 6.30. The number of hydrogen-bond acceptors (Lipinski definition) is 4. The fourth-order valence-electron chi connectivity index (χ4n) is 1.62. The van der Waals surface area contributed by atoms with Crippen LogP contribution in [0.25, 0.3) is 0 Å². The molecule has 0 aliphatic heterocycles. The Kier molecular flexibility index (Phi) is 4.44. The Morgan fingerprint density at radius 2 is 1.64 bits per heavy atom. The highest BCUT2D eigenvalue weighted by Gasteiger charge is 2.19. The van der Waals surface area contributed by atoms with E-state index in [2.05, 4.69) is 12.0 Å². The third-order valence-corrected chi connectivity index (χ3v) is 4.52. The highest BCUT2D eigenvalue weighted by molar-refractivity contribution is 7.89. The molecule has 2 rings (SSSR count). The average Bonchev–Trinajstić information content (AvgIpc) is 2.53. The normalized spacial score (nSPS) is 10.4. The van der Waals surface area contributed by atoms with Gasteiger partial charge in [-0.2, -0.15) is 0 Å². The lowest BCUT2D eigenvalue weighted by Crippen LogP contribution is -2.22. The summed E-state index contributed by atoms with van der Waals surface area (Å²) < 4.78 is 25.5. The van der Waals surface area contributed by atoms with Crippen molar-refractivity contribution in [1.82, 2.24) is 4.31 Å². The summed E-state index contributed by atoms with van der Waals surface area (Å²) in [6.07, 6.45) is 0. The van der Waals surface area contributed by atoms with Gasteiger partial charge in [0, 0.05) is 30.8 Å². The average molecular weight is 316 g/mol. The zero-order valence-electron chi connectivity index (χ0n) is 11.6. The monoisotopic (exact) mass is 316 g/mol. The van der Waals surface area contributed by atoms with Gasteiger partial charge in [-0.3, -0.25) is 10.1 Å². The molecule has 0 amide bonds. The first-order valence-corrected chi connectivity index (χ1v) is 7.65. The van der Waals surface area contributed by atoms with Crippen molar-refractivity contribution in [2.24, 2.45) is 0 Å². The third kappa shape index (κ3) is 3.42. The molecule has 0 aliphatic carbocycles. The van der Waals surface area contributed by atoms with Gasteiger partial charge in [0.25, 0.3) is 15.7 Å². The molecule has 0 heterocycles. The number of sulfonamides is 1. The van der Waals surface area contributed by atoms with Crippen LogP contribution < -0.4 is 0 Å². The number of benzene rings is 2. The van der Waals surface area contributed by atoms with Crippen molar-refractivity contribution in [2.75, 3.05) is 7.05 Å². The molecule has 0 saturated heterocycles. The van der Waals surface area contributed by atoms with Crippen molar-refractivity contribution in [3.63, 3.8) is 0 Å². The van der Waals surface area contributed by atoms with Crippen molar-refractivity contribution in [1.29, 1.82) is 0 Å². The van der Waals surface area contributed by atoms with E-state index in [9.17, 15) is 18.5 Å². The fourth-order valence-corrected chi connectivity index (χ4v) is 2.58. The molecule has 112 valence electrons. The molecule has 7 heteroatoms. The molecule has 0 radical (unpaired) electrons. The van der Waals surface area contributed by atoms with Crippen molar-refractivity contribution in [3.8, 4) is 12.0 Å². The second kappa shape index (κ2) is 6.28. The molecule has 0 aliphatic rings. The van der Waals surface area contributed by atoms with Crippen molar-refractivity contribution >= 4 is 15.7 Å². The molecule has 0 aromatic heterocycles. The summed E-state index contributed by atoms with van der Waals surface area (Å²) in [6.45, 7) is 0. The van der Waals surface area contributed by atoms with Crippen LogP contribution in [0.5, 0.6) is 0 Å². The molecule has 0 saturated carbocycles. The number of nitro benzene ring substituents is 1. The minimum Gasteiger partial charge on any atom is -0.258 e. The van der Waals surface area contributed by atoms with E-state index in [0.29, 0.717) is 5.56 Å². The lowest BCUT2D eigenvalue weighted by molar-refractivity contribution is -0.384. The van der Waals surface area contributed by atoms with E-state index in [0.717, 1.165) is 16.4 Å². The number of hydrogen-bond donors (Lipinski definition) is 0. The van der Waals surface area contributed by atoms with Gasteiger partial charge in [0.2, 0.25) is 0 Å². The maximum Gasteiger partial charge on any atom is 0.270 e. The first-order valence-electron chi connectivity index (χ1n) is 6.21. The standard InChI is InChI=1S/C15H12N2O4S/c1-16(12-11-13-5-3-2-4-6-13)22(20,21)15-9-7-14(8-10-15)17(18)19/h2-10H,1H3. The summed E-state index contributed by atoms with van der Waals surface area (Å²) in [5.74, 6) is 2.74. The molecule has 0 unspecified atom stereocenters. The Morgan fingerprint density at radius 1 is 1.05 bits per heavy atom. The van der Waals surface area contributed by atoms with Crippen LogP contribution in [-0.2, 0) is 10.0 Å². The number of rotatable bonds is 3. The highest BCUT2D eigenvalue weighted by atomic mass is 32.2. The van der Waals surface area contributed by atoms with Crippen LogP contribution in [0.1, 0.15) is 5.56 Å². The second-order valence-electron chi connectivity index (χ2n) is 4.33. The topological polar surface area (TPSA) is 80.5 Å². The van der Waals surface area contributed by atoms with Gasteiger partial charge < -0.3 is 0 Å². The minimum absolute atomic E-state index is 0.0528. The molecular weight excluding hydrogens is 304 g/mol. The molecule has 2 aromatic carbocycles. The predicted molar refractivity (Wildman–Crippen MR) is 81.4 cm³/mol. The zero-order chi connectivity index (χ0) is 16.2. The summed E-state index contributed by atoms with van der Waals surface area (Å²) in [5.41, 5.74) is 0.519. The lowest BCUT2D eigenvalue weighted by Gasteiger charge is -2.11. The van der Waals surface area contributed by atoms with Crippen LogP contribution in [-0.4, -0.2) is 24.7 Å². The number of nitro groups is 1. The Bertz CT molecular complexity index is 835. The summed E-state index contributed by atoms with van der Waals surface area (Å²) in [5, 5.41) is 10.6. The van der Waals surface area contributed by atoms with E-state index in [1.807, 2.05) is 6.07 Å². The summed E-state index contributed by atoms with van der Waals surface area (Å²) >= 11 is 0. The molecule has 22 heavy (non-hydrogen) atoms. The maximum absolute atomic E-state index is 12.3. The first kappa shape index (κ1) is 15.5. The van der Waals surface area contributed by atoms with E-state index in [1.54, 1.807) is 24.3 Å². The molecule has 0 fully saturated rings. The largest absolute Gasteiger partial charge is 0.270 e. The highest BCUT2D eigenvalue weighted by Crippen LogP contribution is 2.18. The molecular formula is C15H12N2O4S. The predicted octanol–water partition coefficient (Wildman–Crippen LogP) is 2.22. The Hall–Kier alpha value is -2.85. The van der Waals surface area contributed by atoms with Gasteiger partial charge in [-0.05, 0) is 30.2 Å². The van der Waals surface area contributed by atoms with E-state index in [-0.39, 0.29) is 10.6 Å². The summed E-state index contributed by atoms with van der Waals surface area (Å²) in [6, 6.07) is 16.2. The number of nitrogens with zero attached hydrogens (tertiary/aromatic N) is 2. The van der Waals surface area contributed by atoms with Crippen LogP contribution in [0.3, 0.4) is 0 Å². The lowest BCUT2D eigenvalue weighted by atomic mass is 10.2. The molecule has 0 spiro atoms. The van der Waals surface area contributed by atoms with Gasteiger partial charge in [-0.25, -0.2) is 12.7 Å².